The topological polar surface area (TPSA) is 59.6 Å². The first kappa shape index (κ1) is 20.8. The highest BCUT2D eigenvalue weighted by Crippen LogP contribution is 2.16. The predicted octanol–water partition coefficient (Wildman–Crippen LogP) is 5.03. The quantitative estimate of drug-likeness (QED) is 0.374. The second kappa shape index (κ2) is 10.6. The molecule has 148 valence electrons. The van der Waals surface area contributed by atoms with Crippen LogP contribution in [0.3, 0.4) is 0 Å². The van der Waals surface area contributed by atoms with Crippen molar-refractivity contribution in [3.8, 4) is 11.5 Å². The van der Waals surface area contributed by atoms with Crippen LogP contribution in [0.5, 0.6) is 11.5 Å². The van der Waals surface area contributed by atoms with Crippen LogP contribution in [0, 0.1) is 0 Å². The Morgan fingerprint density at radius 3 is 2.17 bits per heavy atom. The molecule has 0 saturated carbocycles. The van der Waals surface area contributed by atoms with Crippen molar-refractivity contribution in [2.75, 3.05) is 18.5 Å². The molecule has 0 aliphatic rings. The van der Waals surface area contributed by atoms with Gasteiger partial charge < -0.3 is 14.8 Å². The van der Waals surface area contributed by atoms with Crippen molar-refractivity contribution in [3.05, 3.63) is 88.9 Å². The van der Waals surface area contributed by atoms with Gasteiger partial charge in [-0.15, -0.1) is 0 Å². The Hall–Kier alpha value is -2.90. The highest BCUT2D eigenvalue weighted by Gasteiger charge is 2.08. The van der Waals surface area contributed by atoms with Crippen molar-refractivity contribution < 1.29 is 14.3 Å². The summed E-state index contributed by atoms with van der Waals surface area (Å²) in [6.45, 7) is 0.836. The Morgan fingerprint density at radius 2 is 1.52 bits per heavy atom. The van der Waals surface area contributed by atoms with Crippen LogP contribution in [-0.4, -0.2) is 24.2 Å². The van der Waals surface area contributed by atoms with Crippen molar-refractivity contribution in [2.45, 2.75) is 0 Å². The molecule has 0 unspecified atom stereocenters. The molecule has 0 heterocycles. The smallest absolute Gasteiger partial charge is 0.257 e. The molecule has 0 atom stereocenters. The molecule has 0 fully saturated rings. The molecule has 0 bridgehead atoms. The standard InChI is InChI=1S/C22H19BrN2O3S/c23-17-5-4-6-18(15-17)24-22(29)25-21(26)16-9-11-20(12-10-16)28-14-13-27-19-7-2-1-3-8-19/h1-12,15H,13-14H2,(H2,24,25,26,29). The van der Waals surface area contributed by atoms with Gasteiger partial charge in [0.25, 0.3) is 5.91 Å². The second-order valence-corrected chi connectivity index (χ2v) is 7.28. The summed E-state index contributed by atoms with van der Waals surface area (Å²) in [6.07, 6.45) is 0. The third-order valence-electron chi connectivity index (χ3n) is 3.79. The fraction of sp³-hybridized carbons (Fsp3) is 0.0909. The van der Waals surface area contributed by atoms with Crippen LogP contribution in [-0.2, 0) is 0 Å². The van der Waals surface area contributed by atoms with Gasteiger partial charge in [0.2, 0.25) is 0 Å². The van der Waals surface area contributed by atoms with Gasteiger partial charge in [-0.25, -0.2) is 0 Å². The second-order valence-electron chi connectivity index (χ2n) is 5.95. The Bertz CT molecular complexity index is 965. The average molecular weight is 471 g/mol. The first-order chi connectivity index (χ1) is 14.1. The molecule has 0 saturated heterocycles. The van der Waals surface area contributed by atoms with E-state index in [1.165, 1.54) is 0 Å². The SMILES string of the molecule is O=C(NC(=S)Nc1cccc(Br)c1)c1ccc(OCCOc2ccccc2)cc1. The van der Waals surface area contributed by atoms with E-state index in [0.717, 1.165) is 15.9 Å². The van der Waals surface area contributed by atoms with Gasteiger partial charge in [0.15, 0.2) is 5.11 Å². The summed E-state index contributed by atoms with van der Waals surface area (Å²) in [6, 6.07) is 23.9. The van der Waals surface area contributed by atoms with E-state index in [9.17, 15) is 4.79 Å². The van der Waals surface area contributed by atoms with Gasteiger partial charge in [0.05, 0.1) is 0 Å². The monoisotopic (exact) mass is 470 g/mol. The number of halogens is 1. The number of ether oxygens (including phenoxy) is 2. The van der Waals surface area contributed by atoms with Gasteiger partial charge in [-0.05, 0) is 66.8 Å². The molecule has 3 aromatic carbocycles. The summed E-state index contributed by atoms with van der Waals surface area (Å²) in [5.74, 6) is 1.17. The van der Waals surface area contributed by atoms with Crippen LogP contribution >= 0.6 is 28.1 Å². The van der Waals surface area contributed by atoms with Crippen molar-refractivity contribution >= 4 is 44.9 Å². The fourth-order valence-corrected chi connectivity index (χ4v) is 3.05. The van der Waals surface area contributed by atoms with Crippen LogP contribution < -0.4 is 20.1 Å². The van der Waals surface area contributed by atoms with Gasteiger partial charge in [-0.3, -0.25) is 10.1 Å². The zero-order chi connectivity index (χ0) is 20.5. The van der Waals surface area contributed by atoms with Crippen molar-refractivity contribution in [1.29, 1.82) is 0 Å². The minimum Gasteiger partial charge on any atom is -0.490 e. The first-order valence-electron chi connectivity index (χ1n) is 8.89. The van der Waals surface area contributed by atoms with E-state index in [4.69, 9.17) is 21.7 Å². The van der Waals surface area contributed by atoms with Gasteiger partial charge in [0.1, 0.15) is 24.7 Å². The third kappa shape index (κ3) is 6.89. The van der Waals surface area contributed by atoms with Crippen LogP contribution in [0.1, 0.15) is 10.4 Å². The number of nitrogens with one attached hydrogen (secondary N) is 2. The number of thiocarbonyl (C=S) groups is 1. The number of rotatable bonds is 7. The number of para-hydroxylation sites is 1. The van der Waals surface area contributed by atoms with E-state index in [0.29, 0.717) is 24.5 Å². The van der Waals surface area contributed by atoms with Gasteiger partial charge in [-0.1, -0.05) is 40.2 Å². The van der Waals surface area contributed by atoms with Crippen LogP contribution in [0.25, 0.3) is 0 Å². The average Bonchev–Trinajstić information content (AvgIpc) is 2.72. The molecular weight excluding hydrogens is 452 g/mol. The number of amides is 1. The maximum Gasteiger partial charge on any atom is 0.257 e. The molecule has 0 aromatic heterocycles. The number of hydrogen-bond donors (Lipinski definition) is 2. The molecule has 3 aromatic rings. The summed E-state index contributed by atoms with van der Waals surface area (Å²) in [7, 11) is 0. The minimum atomic E-state index is -0.295. The molecule has 2 N–H and O–H groups in total. The van der Waals surface area contributed by atoms with Crippen molar-refractivity contribution in [1.82, 2.24) is 5.32 Å². The van der Waals surface area contributed by atoms with E-state index < -0.39 is 0 Å². The summed E-state index contributed by atoms with van der Waals surface area (Å²) < 4.78 is 12.1. The molecule has 1 amide bonds. The maximum atomic E-state index is 12.3. The largest absolute Gasteiger partial charge is 0.490 e. The molecule has 0 aliphatic carbocycles. The number of benzene rings is 3. The van der Waals surface area contributed by atoms with Gasteiger partial charge >= 0.3 is 0 Å². The van der Waals surface area contributed by atoms with Crippen LogP contribution in [0.2, 0.25) is 0 Å². The van der Waals surface area contributed by atoms with E-state index >= 15 is 0 Å². The van der Waals surface area contributed by atoms with Gasteiger partial charge in [-0.2, -0.15) is 0 Å². The number of carbonyl (C=O) groups excluding carboxylic acids is 1. The molecule has 3 rings (SSSR count). The molecule has 0 spiro atoms. The molecule has 0 aliphatic heterocycles. The lowest BCUT2D eigenvalue weighted by atomic mass is 10.2. The summed E-state index contributed by atoms with van der Waals surface area (Å²) >= 11 is 8.59. The van der Waals surface area contributed by atoms with E-state index in [2.05, 4.69) is 26.6 Å². The Kier molecular flexibility index (Phi) is 7.61. The van der Waals surface area contributed by atoms with E-state index in [1.807, 2.05) is 54.6 Å². The highest BCUT2D eigenvalue weighted by atomic mass is 79.9. The fourth-order valence-electron chi connectivity index (χ4n) is 2.44. The Labute approximate surface area is 183 Å². The maximum absolute atomic E-state index is 12.3. The third-order valence-corrected chi connectivity index (χ3v) is 4.49. The van der Waals surface area contributed by atoms with E-state index in [-0.39, 0.29) is 11.0 Å². The van der Waals surface area contributed by atoms with Crippen LogP contribution in [0.15, 0.2) is 83.3 Å². The normalized spacial score (nSPS) is 10.1. The lowest BCUT2D eigenvalue weighted by molar-refractivity contribution is 0.0977. The molecule has 29 heavy (non-hydrogen) atoms. The van der Waals surface area contributed by atoms with Crippen molar-refractivity contribution in [2.24, 2.45) is 0 Å². The van der Waals surface area contributed by atoms with Crippen LogP contribution in [0.4, 0.5) is 5.69 Å². The minimum absolute atomic E-state index is 0.228. The Morgan fingerprint density at radius 1 is 0.862 bits per heavy atom. The molecular formula is C22H19BrN2O3S. The number of carbonyl (C=O) groups is 1. The number of hydrogen-bond acceptors (Lipinski definition) is 4. The Balaban J connectivity index is 1.43. The summed E-state index contributed by atoms with van der Waals surface area (Å²) in [5, 5.41) is 5.86. The van der Waals surface area contributed by atoms with E-state index in [1.54, 1.807) is 24.3 Å². The molecule has 7 heteroatoms. The summed E-state index contributed by atoms with van der Waals surface area (Å²) in [5.41, 5.74) is 1.27. The van der Waals surface area contributed by atoms with Gasteiger partial charge in [0, 0.05) is 15.7 Å². The number of anilines is 1. The van der Waals surface area contributed by atoms with Crippen molar-refractivity contribution in [3.63, 3.8) is 0 Å². The summed E-state index contributed by atoms with van der Waals surface area (Å²) in [4.78, 5) is 12.3. The first-order valence-corrected chi connectivity index (χ1v) is 10.1. The zero-order valence-corrected chi connectivity index (χ0v) is 17.8. The molecule has 0 radical (unpaired) electrons. The predicted molar refractivity (Wildman–Crippen MR) is 122 cm³/mol. The lowest BCUT2D eigenvalue weighted by Gasteiger charge is -2.11. The lowest BCUT2D eigenvalue weighted by Crippen LogP contribution is -2.34. The molecule has 5 nitrogen and oxygen atoms in total. The zero-order valence-electron chi connectivity index (χ0n) is 15.4. The highest BCUT2D eigenvalue weighted by molar-refractivity contribution is 9.10.